The number of nitro groups is 1. The van der Waals surface area contributed by atoms with Gasteiger partial charge in [-0.3, -0.25) is 10.1 Å². The lowest BCUT2D eigenvalue weighted by Crippen LogP contribution is -2.28. The molecule has 8 nitrogen and oxygen atoms in total. The van der Waals surface area contributed by atoms with Gasteiger partial charge in [0.05, 0.1) is 11.0 Å². The first-order valence-corrected chi connectivity index (χ1v) is 6.84. The molecule has 1 N–H and O–H groups in total. The van der Waals surface area contributed by atoms with E-state index in [9.17, 15) is 20.0 Å². The summed E-state index contributed by atoms with van der Waals surface area (Å²) in [6, 6.07) is 5.75. The van der Waals surface area contributed by atoms with Crippen LogP contribution in [0.1, 0.15) is 18.9 Å². The molecule has 1 amide bonds. The van der Waals surface area contributed by atoms with E-state index in [1.807, 2.05) is 4.90 Å². The van der Waals surface area contributed by atoms with E-state index in [-0.39, 0.29) is 18.4 Å². The number of hydrogen-bond acceptors (Lipinski definition) is 5. The number of β-amino-alcohol motifs (C(OH)–C–C–N with tert-alkyl or cyclic N) is 1. The van der Waals surface area contributed by atoms with Gasteiger partial charge in [-0.15, -0.1) is 0 Å². The molecule has 0 aromatic heterocycles. The second-order valence-corrected chi connectivity index (χ2v) is 5.03. The smallest absolute Gasteiger partial charge is 0.435 e. The molecule has 8 heteroatoms. The number of nitro benzene ring substituents is 1. The second kappa shape index (κ2) is 6.99. The lowest BCUT2D eigenvalue weighted by Gasteiger charge is -2.16. The molecule has 0 saturated carbocycles. The van der Waals surface area contributed by atoms with E-state index in [1.165, 1.54) is 24.3 Å². The third-order valence-electron chi connectivity index (χ3n) is 3.38. The molecule has 1 heterocycles. The van der Waals surface area contributed by atoms with Crippen molar-refractivity contribution in [3.63, 3.8) is 0 Å². The number of hydrogen-bond donors (Lipinski definition) is 1. The zero-order valence-corrected chi connectivity index (χ0v) is 12.1. The summed E-state index contributed by atoms with van der Waals surface area (Å²) in [6.07, 6.45) is -0.455. The van der Waals surface area contributed by atoms with E-state index in [0.717, 1.165) is 0 Å². The van der Waals surface area contributed by atoms with E-state index in [0.29, 0.717) is 30.9 Å². The van der Waals surface area contributed by atoms with Crippen molar-refractivity contribution >= 4 is 17.6 Å². The quantitative estimate of drug-likeness (QED) is 0.394. The summed E-state index contributed by atoms with van der Waals surface area (Å²) in [5.41, 5.74) is 0.625. The summed E-state index contributed by atoms with van der Waals surface area (Å²) in [5, 5.41) is 20.0. The average Bonchev–Trinajstić information content (AvgIpc) is 2.92. The van der Waals surface area contributed by atoms with Crippen LogP contribution in [0.15, 0.2) is 29.3 Å². The molecule has 0 bridgehead atoms. The first kappa shape index (κ1) is 15.9. The fraction of sp³-hybridized carbons (Fsp3) is 0.429. The second-order valence-electron chi connectivity index (χ2n) is 5.03. The number of amidine groups is 1. The van der Waals surface area contributed by atoms with Gasteiger partial charge in [0.25, 0.3) is 5.69 Å². The van der Waals surface area contributed by atoms with Crippen molar-refractivity contribution in [1.82, 2.24) is 4.90 Å². The Morgan fingerprint density at radius 2 is 2.18 bits per heavy atom. The van der Waals surface area contributed by atoms with Crippen LogP contribution in [0.25, 0.3) is 0 Å². The van der Waals surface area contributed by atoms with E-state index in [2.05, 4.69) is 4.99 Å². The molecule has 1 atom stereocenters. The fourth-order valence-corrected chi connectivity index (χ4v) is 2.13. The van der Waals surface area contributed by atoms with Gasteiger partial charge >= 0.3 is 6.09 Å². The molecule has 1 aliphatic rings. The van der Waals surface area contributed by atoms with Gasteiger partial charge in [0.2, 0.25) is 0 Å². The molecule has 22 heavy (non-hydrogen) atoms. The van der Waals surface area contributed by atoms with E-state index in [4.69, 9.17) is 4.74 Å². The lowest BCUT2D eigenvalue weighted by atomic mass is 10.2. The zero-order chi connectivity index (χ0) is 16.1. The summed E-state index contributed by atoms with van der Waals surface area (Å²) >= 11 is 0. The Morgan fingerprint density at radius 1 is 1.50 bits per heavy atom. The molecule has 0 spiro atoms. The Bertz CT molecular complexity index is 585. The molecule has 2 rings (SSSR count). The van der Waals surface area contributed by atoms with Gasteiger partial charge in [-0.25, -0.2) is 4.79 Å². The molecule has 1 aromatic carbocycles. The minimum absolute atomic E-state index is 0.00374. The molecular formula is C14H17N3O5. The maximum absolute atomic E-state index is 11.6. The number of carbonyl (C=O) groups is 1. The maximum atomic E-state index is 11.6. The van der Waals surface area contributed by atoms with Crippen molar-refractivity contribution in [3.8, 4) is 0 Å². The Morgan fingerprint density at radius 3 is 2.73 bits per heavy atom. The number of non-ortho nitro benzene ring substituents is 1. The van der Waals surface area contributed by atoms with Crippen molar-refractivity contribution in [1.29, 1.82) is 0 Å². The molecule has 0 aliphatic carbocycles. The minimum atomic E-state index is -0.725. The summed E-state index contributed by atoms with van der Waals surface area (Å²) in [4.78, 5) is 27.3. The predicted octanol–water partition coefficient (Wildman–Crippen LogP) is 1.72. The minimum Gasteiger partial charge on any atom is -0.443 e. The van der Waals surface area contributed by atoms with Crippen LogP contribution in [0.2, 0.25) is 0 Å². The van der Waals surface area contributed by atoms with Crippen LogP contribution in [-0.4, -0.2) is 46.1 Å². The summed E-state index contributed by atoms with van der Waals surface area (Å²) in [7, 11) is 0. The van der Waals surface area contributed by atoms with Crippen LogP contribution in [-0.2, 0) is 11.3 Å². The highest BCUT2D eigenvalue weighted by Crippen LogP contribution is 2.13. The third kappa shape index (κ3) is 4.26. The van der Waals surface area contributed by atoms with Crippen molar-refractivity contribution in [2.24, 2.45) is 4.99 Å². The summed E-state index contributed by atoms with van der Waals surface area (Å²) in [6.45, 7) is 2.80. The van der Waals surface area contributed by atoms with Gasteiger partial charge < -0.3 is 14.7 Å². The number of rotatable bonds is 3. The van der Waals surface area contributed by atoms with Crippen molar-refractivity contribution in [3.05, 3.63) is 39.9 Å². The maximum Gasteiger partial charge on any atom is 0.435 e. The number of aliphatic hydroxyl groups is 1. The number of aliphatic hydroxyl groups excluding tert-OH is 1. The average molecular weight is 307 g/mol. The summed E-state index contributed by atoms with van der Waals surface area (Å²) < 4.78 is 5.00. The lowest BCUT2D eigenvalue weighted by molar-refractivity contribution is -0.384. The monoisotopic (exact) mass is 307 g/mol. The van der Waals surface area contributed by atoms with Crippen molar-refractivity contribution < 1.29 is 19.6 Å². The van der Waals surface area contributed by atoms with Gasteiger partial charge in [-0.05, 0) is 31.0 Å². The van der Waals surface area contributed by atoms with Gasteiger partial charge in [-0.2, -0.15) is 4.99 Å². The Hall–Kier alpha value is -2.48. The molecule has 1 fully saturated rings. The van der Waals surface area contributed by atoms with Crippen molar-refractivity contribution in [2.45, 2.75) is 26.1 Å². The topological polar surface area (TPSA) is 105 Å². The zero-order valence-electron chi connectivity index (χ0n) is 12.1. The number of carbonyl (C=O) groups excluding carboxylic acids is 1. The van der Waals surface area contributed by atoms with Gasteiger partial charge in [0.1, 0.15) is 12.4 Å². The van der Waals surface area contributed by atoms with Crippen LogP contribution >= 0.6 is 0 Å². The van der Waals surface area contributed by atoms with Crippen LogP contribution < -0.4 is 0 Å². The number of nitrogens with zero attached hydrogens (tertiary/aromatic N) is 3. The summed E-state index contributed by atoms with van der Waals surface area (Å²) in [5.74, 6) is 0.505. The number of benzene rings is 1. The van der Waals surface area contributed by atoms with Crippen LogP contribution in [0.5, 0.6) is 0 Å². The van der Waals surface area contributed by atoms with Crippen molar-refractivity contribution in [2.75, 3.05) is 13.1 Å². The highest BCUT2D eigenvalue weighted by Gasteiger charge is 2.21. The number of likely N-dealkylation sites (tertiary alicyclic amines) is 1. The fourth-order valence-electron chi connectivity index (χ4n) is 2.13. The number of ether oxygens (including phenoxy) is 1. The third-order valence-corrected chi connectivity index (χ3v) is 3.38. The molecule has 1 aliphatic heterocycles. The van der Waals surface area contributed by atoms with Crippen LogP contribution in [0.4, 0.5) is 10.5 Å². The molecule has 1 saturated heterocycles. The first-order chi connectivity index (χ1) is 10.5. The largest absolute Gasteiger partial charge is 0.443 e. The van der Waals surface area contributed by atoms with Gasteiger partial charge in [-0.1, -0.05) is 0 Å². The Labute approximate surface area is 127 Å². The van der Waals surface area contributed by atoms with E-state index >= 15 is 0 Å². The van der Waals surface area contributed by atoms with E-state index in [1.54, 1.807) is 6.92 Å². The molecule has 118 valence electrons. The Balaban J connectivity index is 1.85. The normalized spacial score (nSPS) is 18.4. The molecule has 1 aromatic rings. The molecule has 0 radical (unpaired) electrons. The van der Waals surface area contributed by atoms with Gasteiger partial charge in [0, 0.05) is 25.2 Å². The first-order valence-electron chi connectivity index (χ1n) is 6.84. The highest BCUT2D eigenvalue weighted by molar-refractivity contribution is 5.90. The number of aliphatic imine (C=N–C) groups is 1. The standard InChI is InChI=1S/C14H17N3O5/c1-10(16-7-6-13(18)8-16)15-14(19)22-9-11-2-4-12(5-3-11)17(20)21/h2-5,13,18H,6-9H2,1H3. The SMILES string of the molecule is CC(=NC(=O)OCc1ccc([N+](=O)[O-])cc1)N1CCC(O)C1. The Kier molecular flexibility index (Phi) is 5.05. The predicted molar refractivity (Wildman–Crippen MR) is 78.6 cm³/mol. The number of amides is 1. The van der Waals surface area contributed by atoms with Gasteiger partial charge in [0.15, 0.2) is 0 Å². The highest BCUT2D eigenvalue weighted by atomic mass is 16.6. The molecular weight excluding hydrogens is 290 g/mol. The van der Waals surface area contributed by atoms with E-state index < -0.39 is 11.0 Å². The van der Waals surface area contributed by atoms with Crippen LogP contribution in [0.3, 0.4) is 0 Å². The molecule has 1 unspecified atom stereocenters. The van der Waals surface area contributed by atoms with Crippen LogP contribution in [0, 0.1) is 10.1 Å².